The minimum absolute atomic E-state index is 0.146. The predicted molar refractivity (Wildman–Crippen MR) is 116 cm³/mol. The van der Waals surface area contributed by atoms with E-state index in [1.807, 2.05) is 0 Å². The number of nitrogens with one attached hydrogen (secondary N) is 1. The highest BCUT2D eigenvalue weighted by atomic mass is 35.5. The summed E-state index contributed by atoms with van der Waals surface area (Å²) in [5.74, 6) is 0. The van der Waals surface area contributed by atoms with E-state index in [0.717, 1.165) is 5.00 Å². The lowest BCUT2D eigenvalue weighted by Crippen LogP contribution is -2.36. The van der Waals surface area contributed by atoms with Gasteiger partial charge in [0, 0.05) is 42.8 Å². The van der Waals surface area contributed by atoms with Crippen molar-refractivity contribution >= 4 is 50.6 Å². The zero-order chi connectivity index (χ0) is 21.0. The molecule has 2 amide bonds. The molecule has 0 aliphatic carbocycles. The van der Waals surface area contributed by atoms with E-state index in [9.17, 15) is 10.1 Å². The number of rotatable bonds is 5. The van der Waals surface area contributed by atoms with E-state index in [2.05, 4.69) is 16.3 Å². The summed E-state index contributed by atoms with van der Waals surface area (Å²) in [4.78, 5) is 16.0. The van der Waals surface area contributed by atoms with Gasteiger partial charge in [0.25, 0.3) is 0 Å². The molecule has 1 aromatic carbocycles. The molecule has 0 radical (unpaired) electrons. The molecule has 0 saturated carbocycles. The number of anilines is 2. The fraction of sp³-hybridized carbons (Fsp3) is 0.368. The van der Waals surface area contributed by atoms with Gasteiger partial charge in [-0.3, -0.25) is 5.32 Å². The molecule has 154 valence electrons. The van der Waals surface area contributed by atoms with Crippen LogP contribution in [-0.4, -0.2) is 62.5 Å². The minimum atomic E-state index is -0.385. The Morgan fingerprint density at radius 1 is 1.41 bits per heavy atom. The van der Waals surface area contributed by atoms with Gasteiger partial charge in [-0.1, -0.05) is 40.6 Å². The van der Waals surface area contributed by atoms with Gasteiger partial charge in [-0.25, -0.2) is 4.79 Å². The fourth-order valence-corrected chi connectivity index (χ4v) is 4.70. The van der Waals surface area contributed by atoms with Crippen LogP contribution in [0.25, 0.3) is 11.1 Å². The molecule has 2 aromatic rings. The standard InChI is InChI=1S/C19H20Cl2N4O3S/c1-24(4-7-26)19(27)23-17-16(13-3-2-12(20)10-15(13)21)14(11-22)18(29-17)25-5-8-28-9-6-25/h2-3,10,26H,4-9H2,1H3,(H,23,27). The molecule has 1 aromatic heterocycles. The Labute approximate surface area is 183 Å². The Morgan fingerprint density at radius 3 is 2.76 bits per heavy atom. The largest absolute Gasteiger partial charge is 0.395 e. The summed E-state index contributed by atoms with van der Waals surface area (Å²) in [6.45, 7) is 2.49. The van der Waals surface area contributed by atoms with Crippen LogP contribution in [0, 0.1) is 11.3 Å². The summed E-state index contributed by atoms with van der Waals surface area (Å²) in [7, 11) is 1.59. The normalized spacial score (nSPS) is 13.8. The fourth-order valence-electron chi connectivity index (χ4n) is 2.99. The quantitative estimate of drug-likeness (QED) is 0.715. The lowest BCUT2D eigenvalue weighted by Gasteiger charge is -2.27. The Morgan fingerprint density at radius 2 is 2.14 bits per heavy atom. The van der Waals surface area contributed by atoms with Crippen LogP contribution in [-0.2, 0) is 4.74 Å². The molecule has 0 unspecified atom stereocenters. The molecule has 29 heavy (non-hydrogen) atoms. The number of nitrogens with zero attached hydrogens (tertiary/aromatic N) is 3. The first-order chi connectivity index (χ1) is 14.0. The predicted octanol–water partition coefficient (Wildman–Crippen LogP) is 3.89. The van der Waals surface area contributed by atoms with Crippen molar-refractivity contribution < 1.29 is 14.6 Å². The number of nitriles is 1. The van der Waals surface area contributed by atoms with Crippen LogP contribution >= 0.6 is 34.5 Å². The maximum atomic E-state index is 12.5. The lowest BCUT2D eigenvalue weighted by molar-refractivity contribution is 0.123. The monoisotopic (exact) mass is 454 g/mol. The number of aliphatic hydroxyl groups is 1. The number of urea groups is 1. The highest BCUT2D eigenvalue weighted by molar-refractivity contribution is 7.21. The highest BCUT2D eigenvalue weighted by Gasteiger charge is 2.27. The molecule has 0 atom stereocenters. The van der Waals surface area contributed by atoms with E-state index < -0.39 is 0 Å². The Balaban J connectivity index is 2.10. The second kappa shape index (κ2) is 9.65. The van der Waals surface area contributed by atoms with Crippen molar-refractivity contribution in [1.29, 1.82) is 5.26 Å². The summed E-state index contributed by atoms with van der Waals surface area (Å²) in [5, 5.41) is 24.1. The molecule has 7 nitrogen and oxygen atoms in total. The van der Waals surface area contributed by atoms with Crippen LogP contribution in [0.5, 0.6) is 0 Å². The van der Waals surface area contributed by atoms with Crippen LogP contribution in [0.4, 0.5) is 14.8 Å². The van der Waals surface area contributed by atoms with Crippen molar-refractivity contribution in [3.63, 3.8) is 0 Å². The summed E-state index contributed by atoms with van der Waals surface area (Å²) in [6, 6.07) is 6.94. The number of hydrogen-bond donors (Lipinski definition) is 2. The molecule has 10 heteroatoms. The van der Waals surface area contributed by atoms with Gasteiger partial charge in [-0.2, -0.15) is 5.26 Å². The number of benzene rings is 1. The molecule has 0 spiro atoms. The van der Waals surface area contributed by atoms with Gasteiger partial charge in [0.2, 0.25) is 0 Å². The summed E-state index contributed by atoms with van der Waals surface area (Å²) in [6.07, 6.45) is 0. The molecule has 1 aliphatic rings. The molecule has 2 heterocycles. The number of carbonyl (C=O) groups is 1. The summed E-state index contributed by atoms with van der Waals surface area (Å²) < 4.78 is 5.42. The number of likely N-dealkylation sites (N-methyl/N-ethyl adjacent to an activating group) is 1. The molecular weight excluding hydrogens is 435 g/mol. The van der Waals surface area contributed by atoms with Crippen molar-refractivity contribution in [2.45, 2.75) is 0 Å². The number of aliphatic hydroxyl groups excluding tert-OH is 1. The van der Waals surface area contributed by atoms with Gasteiger partial charge >= 0.3 is 6.03 Å². The molecule has 2 N–H and O–H groups in total. The third-order valence-electron chi connectivity index (χ3n) is 4.50. The first-order valence-electron chi connectivity index (χ1n) is 8.94. The van der Waals surface area contributed by atoms with Crippen LogP contribution in [0.2, 0.25) is 10.0 Å². The number of ether oxygens (including phenoxy) is 1. The third-order valence-corrected chi connectivity index (χ3v) is 6.22. The zero-order valence-electron chi connectivity index (χ0n) is 15.7. The first-order valence-corrected chi connectivity index (χ1v) is 10.5. The average molecular weight is 455 g/mol. The van der Waals surface area contributed by atoms with Crippen molar-refractivity contribution in [3.8, 4) is 17.2 Å². The van der Waals surface area contributed by atoms with E-state index >= 15 is 0 Å². The van der Waals surface area contributed by atoms with Crippen LogP contribution < -0.4 is 10.2 Å². The number of morpholine rings is 1. The van der Waals surface area contributed by atoms with Gasteiger partial charge in [0.15, 0.2) is 0 Å². The van der Waals surface area contributed by atoms with Crippen LogP contribution in [0.1, 0.15) is 5.56 Å². The Kier molecular flexibility index (Phi) is 7.22. The van der Waals surface area contributed by atoms with Gasteiger partial charge in [-0.05, 0) is 12.1 Å². The zero-order valence-corrected chi connectivity index (χ0v) is 18.1. The SMILES string of the molecule is CN(CCO)C(=O)Nc1sc(N2CCOCC2)c(C#N)c1-c1ccc(Cl)cc1Cl. The Bertz CT molecular complexity index is 938. The average Bonchev–Trinajstić information content (AvgIpc) is 3.06. The van der Waals surface area contributed by atoms with Crippen molar-refractivity contribution in [2.24, 2.45) is 0 Å². The Hall–Kier alpha value is -2.02. The molecule has 0 bridgehead atoms. The summed E-state index contributed by atoms with van der Waals surface area (Å²) in [5.41, 5.74) is 1.62. The van der Waals surface area contributed by atoms with E-state index in [1.54, 1.807) is 25.2 Å². The number of halogens is 2. The maximum absolute atomic E-state index is 12.5. The molecule has 1 fully saturated rings. The van der Waals surface area contributed by atoms with E-state index in [0.29, 0.717) is 58.0 Å². The van der Waals surface area contributed by atoms with Crippen molar-refractivity contribution in [3.05, 3.63) is 33.8 Å². The van der Waals surface area contributed by atoms with Gasteiger partial charge in [0.05, 0.1) is 30.4 Å². The second-order valence-electron chi connectivity index (χ2n) is 6.40. The topological polar surface area (TPSA) is 88.8 Å². The highest BCUT2D eigenvalue weighted by Crippen LogP contribution is 2.47. The van der Waals surface area contributed by atoms with Crippen LogP contribution in [0.3, 0.4) is 0 Å². The lowest BCUT2D eigenvalue weighted by atomic mass is 10.0. The maximum Gasteiger partial charge on any atom is 0.322 e. The number of hydrogen-bond acceptors (Lipinski definition) is 6. The van der Waals surface area contributed by atoms with Crippen molar-refractivity contribution in [1.82, 2.24) is 4.90 Å². The van der Waals surface area contributed by atoms with Gasteiger partial charge < -0.3 is 19.6 Å². The van der Waals surface area contributed by atoms with Crippen molar-refractivity contribution in [2.75, 3.05) is 56.7 Å². The molecular formula is C19H20Cl2N4O3S. The number of thiophene rings is 1. The third kappa shape index (κ3) is 4.77. The van der Waals surface area contributed by atoms with E-state index in [1.165, 1.54) is 16.2 Å². The van der Waals surface area contributed by atoms with Gasteiger partial charge in [0.1, 0.15) is 16.1 Å². The first kappa shape index (κ1) is 21.7. The smallest absolute Gasteiger partial charge is 0.322 e. The minimum Gasteiger partial charge on any atom is -0.395 e. The van der Waals surface area contributed by atoms with Crippen LogP contribution in [0.15, 0.2) is 18.2 Å². The van der Waals surface area contributed by atoms with Gasteiger partial charge in [-0.15, -0.1) is 0 Å². The molecule has 3 rings (SSSR count). The summed E-state index contributed by atoms with van der Waals surface area (Å²) >= 11 is 13.8. The number of carbonyl (C=O) groups excluding carboxylic acids is 1. The van der Waals surface area contributed by atoms with E-state index in [4.69, 9.17) is 33.0 Å². The molecule has 1 saturated heterocycles. The van der Waals surface area contributed by atoms with E-state index in [-0.39, 0.29) is 19.2 Å². The number of amides is 2. The molecule has 1 aliphatic heterocycles. The second-order valence-corrected chi connectivity index (χ2v) is 8.24.